The zero-order valence-corrected chi connectivity index (χ0v) is 19.6. The van der Waals surface area contributed by atoms with Gasteiger partial charge in [-0.2, -0.15) is 0 Å². The van der Waals surface area contributed by atoms with E-state index in [1.165, 1.54) is 16.7 Å². The Morgan fingerprint density at radius 1 is 0.724 bits per heavy atom. The van der Waals surface area contributed by atoms with E-state index in [2.05, 4.69) is 67.2 Å². The first kappa shape index (κ1) is 29.0. The molecular weight excluding hydrogens is 356 g/mol. The predicted octanol–water partition coefficient (Wildman–Crippen LogP) is 8.21. The van der Waals surface area contributed by atoms with Crippen LogP contribution in [0.25, 0.3) is 0 Å². The standard InChI is InChI=1S/C15H24O.C7H8O.C4H8.CH4/c1-10-8-11(14(2,3)4)13(16)12(9-10)15(5,6)7;1-6-2-4-7(8)5-3-6;1-4(2)3;/h8-9,16H,1-7H3;2-5,8H,1H3;1H2,2-3H3;1H4. The van der Waals surface area contributed by atoms with Crippen molar-refractivity contribution < 1.29 is 10.2 Å². The number of phenols is 2. The van der Waals surface area contributed by atoms with Gasteiger partial charge in [0.1, 0.15) is 11.5 Å². The molecule has 0 amide bonds. The van der Waals surface area contributed by atoms with Gasteiger partial charge in [-0.05, 0) is 61.8 Å². The molecule has 2 nitrogen and oxygen atoms in total. The monoisotopic (exact) mass is 400 g/mol. The molecule has 0 aliphatic rings. The first-order valence-corrected chi connectivity index (χ1v) is 9.78. The number of phenolic OH excluding ortho intramolecular Hbond substituents is 2. The van der Waals surface area contributed by atoms with E-state index < -0.39 is 0 Å². The van der Waals surface area contributed by atoms with Crippen LogP contribution in [0.3, 0.4) is 0 Å². The lowest BCUT2D eigenvalue weighted by molar-refractivity contribution is 0.423. The third kappa shape index (κ3) is 11.4. The smallest absolute Gasteiger partial charge is 0.123 e. The number of allylic oxidation sites excluding steroid dienone is 1. The van der Waals surface area contributed by atoms with Gasteiger partial charge in [0.25, 0.3) is 0 Å². The minimum atomic E-state index is -0.0178. The Kier molecular flexibility index (Phi) is 11.7. The number of rotatable bonds is 0. The second kappa shape index (κ2) is 11.7. The van der Waals surface area contributed by atoms with Crippen molar-refractivity contribution >= 4 is 0 Å². The fraction of sp³-hybridized carbons (Fsp3) is 0.481. The summed E-state index contributed by atoms with van der Waals surface area (Å²) in [5.41, 5.74) is 5.59. The van der Waals surface area contributed by atoms with Crippen molar-refractivity contribution in [1.29, 1.82) is 0 Å². The third-order valence-corrected chi connectivity index (χ3v) is 3.90. The summed E-state index contributed by atoms with van der Waals surface area (Å²) in [7, 11) is 0. The molecule has 0 atom stereocenters. The van der Waals surface area contributed by atoms with Crippen LogP contribution in [0.4, 0.5) is 0 Å². The van der Waals surface area contributed by atoms with Crippen molar-refractivity contribution in [2.75, 3.05) is 0 Å². The SMILES string of the molecule is C.C=C(C)C.Cc1cc(C(C)(C)C)c(O)c(C(C)(C)C)c1.Cc1ccc(O)cc1. The lowest BCUT2D eigenvalue weighted by atomic mass is 9.78. The molecular formula is C27H44O2. The largest absolute Gasteiger partial charge is 0.508 e. The summed E-state index contributed by atoms with van der Waals surface area (Å²) in [4.78, 5) is 0. The first-order chi connectivity index (χ1) is 12.6. The van der Waals surface area contributed by atoms with Crippen molar-refractivity contribution in [3.05, 3.63) is 70.8 Å². The predicted molar refractivity (Wildman–Crippen MR) is 130 cm³/mol. The Bertz CT molecular complexity index is 695. The lowest BCUT2D eigenvalue weighted by Crippen LogP contribution is -2.17. The maximum atomic E-state index is 10.4. The maximum Gasteiger partial charge on any atom is 0.123 e. The average Bonchev–Trinajstić information content (AvgIpc) is 2.50. The van der Waals surface area contributed by atoms with Crippen LogP contribution in [0.5, 0.6) is 11.5 Å². The molecule has 0 saturated carbocycles. The second-order valence-corrected chi connectivity index (χ2v) is 9.75. The second-order valence-electron chi connectivity index (χ2n) is 9.75. The summed E-state index contributed by atoms with van der Waals surface area (Å²) in [6, 6.07) is 11.3. The van der Waals surface area contributed by atoms with Crippen LogP contribution in [0.15, 0.2) is 48.6 Å². The molecule has 0 aliphatic heterocycles. The number of benzene rings is 2. The molecule has 0 aromatic heterocycles. The first-order valence-electron chi connectivity index (χ1n) is 9.78. The van der Waals surface area contributed by atoms with Crippen LogP contribution in [0, 0.1) is 13.8 Å². The Balaban J connectivity index is 0. The van der Waals surface area contributed by atoms with E-state index in [0.29, 0.717) is 11.5 Å². The van der Waals surface area contributed by atoms with E-state index in [1.54, 1.807) is 12.1 Å². The highest BCUT2D eigenvalue weighted by Gasteiger charge is 2.25. The van der Waals surface area contributed by atoms with E-state index >= 15 is 0 Å². The summed E-state index contributed by atoms with van der Waals surface area (Å²) in [6.07, 6.45) is 0. The van der Waals surface area contributed by atoms with Gasteiger partial charge in [-0.3, -0.25) is 0 Å². The molecule has 0 spiro atoms. The number of hydrogen-bond acceptors (Lipinski definition) is 2. The molecule has 2 N–H and O–H groups in total. The van der Waals surface area contributed by atoms with Gasteiger partial charge in [0, 0.05) is 0 Å². The van der Waals surface area contributed by atoms with Gasteiger partial charge >= 0.3 is 0 Å². The summed E-state index contributed by atoms with van der Waals surface area (Å²) in [5, 5.41) is 19.1. The molecule has 0 saturated heterocycles. The van der Waals surface area contributed by atoms with Crippen LogP contribution in [0.1, 0.15) is 85.1 Å². The molecule has 2 aromatic rings. The topological polar surface area (TPSA) is 40.5 Å². The van der Waals surface area contributed by atoms with Crippen molar-refractivity contribution in [1.82, 2.24) is 0 Å². The number of hydrogen-bond donors (Lipinski definition) is 2. The van der Waals surface area contributed by atoms with Crippen molar-refractivity contribution in [2.45, 2.75) is 87.5 Å². The molecule has 2 rings (SSSR count). The van der Waals surface area contributed by atoms with E-state index in [0.717, 1.165) is 11.1 Å². The van der Waals surface area contributed by atoms with Gasteiger partial charge in [-0.1, -0.05) is 89.9 Å². The van der Waals surface area contributed by atoms with Crippen LogP contribution in [-0.4, -0.2) is 10.2 Å². The van der Waals surface area contributed by atoms with Gasteiger partial charge in [-0.15, -0.1) is 6.58 Å². The van der Waals surface area contributed by atoms with Crippen molar-refractivity contribution in [2.24, 2.45) is 0 Å². The zero-order valence-electron chi connectivity index (χ0n) is 19.6. The lowest BCUT2D eigenvalue weighted by Gasteiger charge is -2.27. The summed E-state index contributed by atoms with van der Waals surface area (Å²) >= 11 is 0. The van der Waals surface area contributed by atoms with Crippen molar-refractivity contribution in [3.8, 4) is 11.5 Å². The molecule has 164 valence electrons. The normalized spacial score (nSPS) is 10.6. The molecule has 0 unspecified atom stereocenters. The molecule has 2 aromatic carbocycles. The quantitative estimate of drug-likeness (QED) is 0.437. The fourth-order valence-corrected chi connectivity index (χ4v) is 2.47. The molecule has 0 fully saturated rings. The Morgan fingerprint density at radius 3 is 1.28 bits per heavy atom. The minimum Gasteiger partial charge on any atom is -0.508 e. The minimum absolute atomic E-state index is 0. The zero-order chi connectivity index (χ0) is 22.3. The molecule has 0 radical (unpaired) electrons. The van der Waals surface area contributed by atoms with Gasteiger partial charge in [0.2, 0.25) is 0 Å². The highest BCUT2D eigenvalue weighted by Crippen LogP contribution is 2.39. The van der Waals surface area contributed by atoms with Crippen molar-refractivity contribution in [3.63, 3.8) is 0 Å². The number of aryl methyl sites for hydroxylation is 2. The molecule has 0 bridgehead atoms. The van der Waals surface area contributed by atoms with E-state index in [9.17, 15) is 5.11 Å². The summed E-state index contributed by atoms with van der Waals surface area (Å²) in [5.74, 6) is 0.793. The van der Waals surface area contributed by atoms with Gasteiger partial charge in [0.15, 0.2) is 0 Å². The summed E-state index contributed by atoms with van der Waals surface area (Å²) in [6.45, 7) is 24.4. The van der Waals surface area contributed by atoms with Gasteiger partial charge < -0.3 is 10.2 Å². The van der Waals surface area contributed by atoms with Crippen LogP contribution >= 0.6 is 0 Å². The third-order valence-electron chi connectivity index (χ3n) is 3.90. The van der Waals surface area contributed by atoms with Crippen LogP contribution < -0.4 is 0 Å². The Labute approximate surface area is 180 Å². The number of aromatic hydroxyl groups is 2. The Hall–Kier alpha value is -2.22. The highest BCUT2D eigenvalue weighted by molar-refractivity contribution is 5.49. The molecule has 2 heteroatoms. The van der Waals surface area contributed by atoms with Crippen LogP contribution in [0.2, 0.25) is 0 Å². The van der Waals surface area contributed by atoms with E-state index in [-0.39, 0.29) is 18.3 Å². The maximum absolute atomic E-state index is 10.4. The van der Waals surface area contributed by atoms with E-state index in [4.69, 9.17) is 5.11 Å². The molecule has 0 heterocycles. The molecule has 29 heavy (non-hydrogen) atoms. The van der Waals surface area contributed by atoms with E-state index in [1.807, 2.05) is 32.9 Å². The van der Waals surface area contributed by atoms with Crippen LogP contribution in [-0.2, 0) is 10.8 Å². The summed E-state index contributed by atoms with van der Waals surface area (Å²) < 4.78 is 0. The highest BCUT2D eigenvalue weighted by atomic mass is 16.3. The van der Waals surface area contributed by atoms with Gasteiger partial charge in [-0.25, -0.2) is 0 Å². The average molecular weight is 401 g/mol. The Morgan fingerprint density at radius 2 is 1.03 bits per heavy atom. The molecule has 0 aliphatic carbocycles. The fourth-order valence-electron chi connectivity index (χ4n) is 2.47. The van der Waals surface area contributed by atoms with Gasteiger partial charge in [0.05, 0.1) is 0 Å².